The van der Waals surface area contributed by atoms with E-state index in [9.17, 15) is 4.79 Å². The number of rotatable bonds is 7. The Bertz CT molecular complexity index is 1390. The van der Waals surface area contributed by atoms with Gasteiger partial charge in [-0.05, 0) is 76.7 Å². The monoisotopic (exact) mass is 485 g/mol. The molecule has 9 nitrogen and oxygen atoms in total. The number of amides is 1. The minimum Gasteiger partial charge on any atom is -0.493 e. The summed E-state index contributed by atoms with van der Waals surface area (Å²) in [5, 5.41) is 14.8. The molecule has 1 heterocycles. The molecule has 3 aromatic carbocycles. The first-order valence-electron chi connectivity index (χ1n) is 11.7. The fourth-order valence-electron chi connectivity index (χ4n) is 4.78. The minimum atomic E-state index is -0.174. The van der Waals surface area contributed by atoms with Crippen LogP contribution in [0.15, 0.2) is 60.9 Å². The quantitative estimate of drug-likeness (QED) is 0.419. The van der Waals surface area contributed by atoms with Gasteiger partial charge in [0.2, 0.25) is 5.75 Å². The Hall–Kier alpha value is -4.40. The van der Waals surface area contributed by atoms with Crippen molar-refractivity contribution in [1.29, 1.82) is 0 Å². The van der Waals surface area contributed by atoms with Gasteiger partial charge in [-0.25, -0.2) is 4.68 Å². The topological polar surface area (TPSA) is 100 Å². The van der Waals surface area contributed by atoms with Crippen LogP contribution in [0.25, 0.3) is 16.8 Å². The van der Waals surface area contributed by atoms with E-state index in [1.165, 1.54) is 22.1 Å². The lowest BCUT2D eigenvalue weighted by molar-refractivity contribution is 0.0932. The first-order valence-corrected chi connectivity index (χ1v) is 11.7. The Morgan fingerprint density at radius 2 is 1.83 bits per heavy atom. The summed E-state index contributed by atoms with van der Waals surface area (Å²) in [5.41, 5.74) is 5.07. The molecule has 1 aromatic heterocycles. The number of methoxy groups -OCH3 is 3. The van der Waals surface area contributed by atoms with E-state index in [1.54, 1.807) is 33.5 Å². The van der Waals surface area contributed by atoms with Gasteiger partial charge in [-0.3, -0.25) is 4.79 Å². The van der Waals surface area contributed by atoms with Crippen LogP contribution in [0.3, 0.4) is 0 Å². The van der Waals surface area contributed by atoms with Crippen LogP contribution in [-0.2, 0) is 6.42 Å². The summed E-state index contributed by atoms with van der Waals surface area (Å²) in [5.74, 6) is 1.34. The lowest BCUT2D eigenvalue weighted by Crippen LogP contribution is -2.31. The molecule has 1 unspecified atom stereocenters. The molecule has 0 spiro atoms. The summed E-state index contributed by atoms with van der Waals surface area (Å²) in [4.78, 5) is 13.6. The molecule has 0 fully saturated rings. The fourth-order valence-corrected chi connectivity index (χ4v) is 4.78. The van der Waals surface area contributed by atoms with Crippen molar-refractivity contribution in [2.75, 3.05) is 21.3 Å². The van der Waals surface area contributed by atoms with Gasteiger partial charge in [0, 0.05) is 11.1 Å². The number of carbonyl (C=O) groups is 1. The molecule has 0 radical (unpaired) electrons. The molecule has 36 heavy (non-hydrogen) atoms. The van der Waals surface area contributed by atoms with Crippen molar-refractivity contribution in [2.24, 2.45) is 0 Å². The van der Waals surface area contributed by atoms with Crippen LogP contribution in [0.5, 0.6) is 17.2 Å². The van der Waals surface area contributed by atoms with Crippen LogP contribution < -0.4 is 19.5 Å². The predicted molar refractivity (Wildman–Crippen MR) is 134 cm³/mol. The standard InChI is InChI=1S/C27H27N5O4/c1-34-24-12-11-22(25(35-2)26(24)36-3)18-13-19(15-20(14-18)32-16-28-30-31-32)27(33)29-23-10-6-8-17-7-4-5-9-21(17)23/h4-5,7,9,11-16,23H,6,8,10H2,1-3H3,(H,29,33). The lowest BCUT2D eigenvalue weighted by Gasteiger charge is -2.26. The minimum absolute atomic E-state index is 0.0433. The molecule has 1 atom stereocenters. The van der Waals surface area contributed by atoms with Gasteiger partial charge in [0.25, 0.3) is 5.91 Å². The van der Waals surface area contributed by atoms with Crippen molar-refractivity contribution in [2.45, 2.75) is 25.3 Å². The average molecular weight is 486 g/mol. The number of aryl methyl sites for hydroxylation is 1. The van der Waals surface area contributed by atoms with E-state index >= 15 is 0 Å². The second-order valence-electron chi connectivity index (χ2n) is 8.52. The summed E-state index contributed by atoms with van der Waals surface area (Å²) in [6, 6.07) is 17.4. The van der Waals surface area contributed by atoms with Gasteiger partial charge in [-0.2, -0.15) is 0 Å². The van der Waals surface area contributed by atoms with Crippen molar-refractivity contribution >= 4 is 5.91 Å². The summed E-state index contributed by atoms with van der Waals surface area (Å²) in [7, 11) is 4.70. The Kier molecular flexibility index (Phi) is 6.53. The number of tetrazole rings is 1. The molecule has 5 rings (SSSR count). The van der Waals surface area contributed by atoms with Gasteiger partial charge < -0.3 is 19.5 Å². The van der Waals surface area contributed by atoms with Crippen molar-refractivity contribution in [3.63, 3.8) is 0 Å². The Balaban J connectivity index is 1.58. The first kappa shape index (κ1) is 23.3. The molecule has 1 aliphatic rings. The van der Waals surface area contributed by atoms with Gasteiger partial charge in [-0.1, -0.05) is 24.3 Å². The van der Waals surface area contributed by atoms with Gasteiger partial charge >= 0.3 is 0 Å². The molecule has 0 saturated carbocycles. The van der Waals surface area contributed by atoms with E-state index in [-0.39, 0.29) is 11.9 Å². The third-order valence-corrected chi connectivity index (χ3v) is 6.48. The van der Waals surface area contributed by atoms with Crippen molar-refractivity contribution < 1.29 is 19.0 Å². The Morgan fingerprint density at radius 3 is 2.58 bits per heavy atom. The van der Waals surface area contributed by atoms with Gasteiger partial charge in [0.15, 0.2) is 11.5 Å². The molecule has 9 heteroatoms. The second-order valence-corrected chi connectivity index (χ2v) is 8.52. The fraction of sp³-hybridized carbons (Fsp3) is 0.259. The van der Waals surface area contributed by atoms with Crippen LogP contribution in [0.1, 0.15) is 40.4 Å². The number of ether oxygens (including phenoxy) is 3. The number of fused-ring (bicyclic) bond motifs is 1. The number of hydrogen-bond acceptors (Lipinski definition) is 7. The number of aromatic nitrogens is 4. The van der Waals surface area contributed by atoms with E-state index in [1.807, 2.05) is 30.3 Å². The normalized spacial score (nSPS) is 14.6. The van der Waals surface area contributed by atoms with E-state index in [0.717, 1.165) is 30.4 Å². The number of benzene rings is 3. The molecule has 0 bridgehead atoms. The zero-order valence-corrected chi connectivity index (χ0v) is 20.4. The van der Waals surface area contributed by atoms with Crippen molar-refractivity contribution in [3.05, 3.63) is 77.6 Å². The van der Waals surface area contributed by atoms with E-state index in [4.69, 9.17) is 14.2 Å². The number of carbonyl (C=O) groups excluding carboxylic acids is 1. The summed E-state index contributed by atoms with van der Waals surface area (Å²) in [6.07, 6.45) is 4.44. The molecule has 1 aliphatic carbocycles. The lowest BCUT2D eigenvalue weighted by atomic mass is 9.87. The Morgan fingerprint density at radius 1 is 1.00 bits per heavy atom. The van der Waals surface area contributed by atoms with Gasteiger partial charge in [-0.15, -0.1) is 5.10 Å². The van der Waals surface area contributed by atoms with Gasteiger partial charge in [0.05, 0.1) is 33.1 Å². The zero-order chi connectivity index (χ0) is 25.1. The van der Waals surface area contributed by atoms with Crippen LogP contribution in [0.2, 0.25) is 0 Å². The highest BCUT2D eigenvalue weighted by Crippen LogP contribution is 2.44. The van der Waals surface area contributed by atoms with E-state index in [2.05, 4.69) is 33.0 Å². The Labute approximate surface area is 209 Å². The van der Waals surface area contributed by atoms with Crippen molar-refractivity contribution in [1.82, 2.24) is 25.5 Å². The first-order chi connectivity index (χ1) is 17.6. The molecule has 1 amide bonds. The second kappa shape index (κ2) is 10.1. The highest BCUT2D eigenvalue weighted by molar-refractivity contribution is 5.97. The highest BCUT2D eigenvalue weighted by atomic mass is 16.5. The summed E-state index contributed by atoms with van der Waals surface area (Å²) < 4.78 is 18.2. The van der Waals surface area contributed by atoms with E-state index < -0.39 is 0 Å². The molecule has 0 saturated heterocycles. The maximum atomic E-state index is 13.6. The van der Waals surface area contributed by atoms with Crippen LogP contribution in [-0.4, -0.2) is 47.4 Å². The van der Waals surface area contributed by atoms with Crippen LogP contribution in [0, 0.1) is 0 Å². The molecule has 4 aromatic rings. The largest absolute Gasteiger partial charge is 0.493 e. The average Bonchev–Trinajstić information content (AvgIpc) is 3.47. The number of nitrogens with zero attached hydrogens (tertiary/aromatic N) is 4. The maximum Gasteiger partial charge on any atom is 0.251 e. The molecular weight excluding hydrogens is 458 g/mol. The molecule has 0 aliphatic heterocycles. The highest BCUT2D eigenvalue weighted by Gasteiger charge is 2.24. The van der Waals surface area contributed by atoms with E-state index in [0.29, 0.717) is 28.5 Å². The van der Waals surface area contributed by atoms with Crippen LogP contribution in [0.4, 0.5) is 0 Å². The smallest absolute Gasteiger partial charge is 0.251 e. The SMILES string of the molecule is COc1ccc(-c2cc(C(=O)NC3CCCc4ccccc43)cc(-n3cnnn3)c2)c(OC)c1OC. The van der Waals surface area contributed by atoms with Crippen molar-refractivity contribution in [3.8, 4) is 34.1 Å². The summed E-state index contributed by atoms with van der Waals surface area (Å²) >= 11 is 0. The molecular formula is C27H27N5O4. The molecule has 1 N–H and O–H groups in total. The molecule has 184 valence electrons. The number of hydrogen-bond donors (Lipinski definition) is 1. The third kappa shape index (κ3) is 4.35. The summed E-state index contributed by atoms with van der Waals surface area (Å²) in [6.45, 7) is 0. The third-order valence-electron chi connectivity index (χ3n) is 6.48. The predicted octanol–water partition coefficient (Wildman–Crippen LogP) is 4.16. The van der Waals surface area contributed by atoms with Crippen LogP contribution >= 0.6 is 0 Å². The van der Waals surface area contributed by atoms with Gasteiger partial charge in [0.1, 0.15) is 6.33 Å². The number of nitrogens with one attached hydrogen (secondary N) is 1. The zero-order valence-electron chi connectivity index (χ0n) is 20.4. The maximum absolute atomic E-state index is 13.6.